The third-order valence-electron chi connectivity index (χ3n) is 2.80. The molecule has 0 amide bonds. The monoisotopic (exact) mass is 155 g/mol. The maximum Gasteiger partial charge on any atom is 0.0542 e. The summed E-state index contributed by atoms with van der Waals surface area (Å²) in [5.41, 5.74) is 0.502. The molecule has 2 saturated heterocycles. The minimum Gasteiger partial charge on any atom is -0.380 e. The summed E-state index contributed by atoms with van der Waals surface area (Å²) in [6.07, 6.45) is 4.05. The number of hydrogen-bond donors (Lipinski definition) is 1. The van der Waals surface area contributed by atoms with Crippen LogP contribution >= 0.6 is 0 Å². The van der Waals surface area contributed by atoms with E-state index in [1.54, 1.807) is 0 Å². The molecule has 2 aliphatic rings. The third-order valence-corrected chi connectivity index (χ3v) is 2.80. The Morgan fingerprint density at radius 2 is 2.36 bits per heavy atom. The van der Waals surface area contributed by atoms with E-state index < -0.39 is 0 Å². The highest BCUT2D eigenvalue weighted by molar-refractivity contribution is 4.87. The quantitative estimate of drug-likeness (QED) is 0.646. The smallest absolute Gasteiger partial charge is 0.0542 e. The fraction of sp³-hybridized carbons (Fsp3) is 1.00. The largest absolute Gasteiger partial charge is 0.380 e. The van der Waals surface area contributed by atoms with Gasteiger partial charge < -0.3 is 10.1 Å². The first-order chi connectivity index (χ1) is 5.29. The van der Waals surface area contributed by atoms with Crippen molar-refractivity contribution >= 4 is 0 Å². The zero-order chi connectivity index (χ0) is 7.73. The van der Waals surface area contributed by atoms with Crippen molar-refractivity contribution in [2.24, 2.45) is 5.41 Å². The van der Waals surface area contributed by atoms with Crippen LogP contribution in [0.3, 0.4) is 0 Å². The molecule has 2 nitrogen and oxygen atoms in total. The Hall–Kier alpha value is -0.0800. The predicted molar refractivity (Wildman–Crippen MR) is 44.6 cm³/mol. The average Bonchev–Trinajstić information content (AvgIpc) is 2.36. The molecule has 0 aliphatic carbocycles. The summed E-state index contributed by atoms with van der Waals surface area (Å²) in [7, 11) is 0. The molecular weight excluding hydrogens is 138 g/mol. The van der Waals surface area contributed by atoms with Crippen molar-refractivity contribution in [1.82, 2.24) is 5.32 Å². The van der Waals surface area contributed by atoms with Gasteiger partial charge in [0.25, 0.3) is 0 Å². The van der Waals surface area contributed by atoms with E-state index in [0.29, 0.717) is 5.41 Å². The summed E-state index contributed by atoms with van der Waals surface area (Å²) in [5.74, 6) is 0. The summed E-state index contributed by atoms with van der Waals surface area (Å²) in [6, 6.07) is 0.781. The molecule has 0 bridgehead atoms. The molecule has 0 saturated carbocycles. The second-order valence-corrected chi connectivity index (χ2v) is 4.30. The number of rotatable bonds is 2. The fourth-order valence-electron chi connectivity index (χ4n) is 2.09. The molecular formula is C9H17NO. The molecule has 0 spiro atoms. The minimum absolute atomic E-state index is 0.502. The van der Waals surface area contributed by atoms with Crippen LogP contribution in [0.4, 0.5) is 0 Å². The van der Waals surface area contributed by atoms with E-state index in [0.717, 1.165) is 19.3 Å². The van der Waals surface area contributed by atoms with Gasteiger partial charge in [-0.3, -0.25) is 0 Å². The lowest BCUT2D eigenvalue weighted by Crippen LogP contribution is -2.44. The van der Waals surface area contributed by atoms with Crippen LogP contribution in [0, 0.1) is 5.41 Å². The van der Waals surface area contributed by atoms with E-state index in [1.165, 1.54) is 25.8 Å². The van der Waals surface area contributed by atoms with E-state index in [1.807, 2.05) is 0 Å². The van der Waals surface area contributed by atoms with Gasteiger partial charge >= 0.3 is 0 Å². The fourth-order valence-corrected chi connectivity index (χ4v) is 2.09. The highest BCUT2D eigenvalue weighted by Crippen LogP contribution is 2.33. The first-order valence-electron chi connectivity index (χ1n) is 4.60. The highest BCUT2D eigenvalue weighted by Gasteiger charge is 2.36. The van der Waals surface area contributed by atoms with Crippen LogP contribution in [-0.2, 0) is 4.74 Å². The van der Waals surface area contributed by atoms with Gasteiger partial charge in [-0.1, -0.05) is 6.92 Å². The van der Waals surface area contributed by atoms with Crippen molar-refractivity contribution in [3.63, 3.8) is 0 Å². The summed E-state index contributed by atoms with van der Waals surface area (Å²) in [6.45, 7) is 5.51. The van der Waals surface area contributed by atoms with Crippen molar-refractivity contribution in [1.29, 1.82) is 0 Å². The van der Waals surface area contributed by atoms with Crippen LogP contribution in [0.25, 0.3) is 0 Å². The predicted octanol–water partition coefficient (Wildman–Crippen LogP) is 1.17. The number of hydrogen-bond acceptors (Lipinski definition) is 2. The van der Waals surface area contributed by atoms with Crippen molar-refractivity contribution in [3.05, 3.63) is 0 Å². The lowest BCUT2D eigenvalue weighted by atomic mass is 9.81. The Labute approximate surface area is 68.3 Å². The van der Waals surface area contributed by atoms with Gasteiger partial charge in [-0.15, -0.1) is 0 Å². The van der Waals surface area contributed by atoms with Crippen LogP contribution in [0.5, 0.6) is 0 Å². The lowest BCUT2D eigenvalue weighted by Gasteiger charge is -2.39. The van der Waals surface area contributed by atoms with Crippen molar-refractivity contribution in [3.8, 4) is 0 Å². The molecule has 64 valence electrons. The molecule has 2 heterocycles. The zero-order valence-corrected chi connectivity index (χ0v) is 7.23. The van der Waals surface area contributed by atoms with E-state index in [2.05, 4.69) is 12.2 Å². The maximum absolute atomic E-state index is 5.22. The van der Waals surface area contributed by atoms with Gasteiger partial charge in [0.15, 0.2) is 0 Å². The van der Waals surface area contributed by atoms with Gasteiger partial charge in [-0.05, 0) is 25.8 Å². The molecule has 0 aromatic rings. The molecule has 2 heteroatoms. The normalized spacial score (nSPS) is 35.2. The van der Waals surface area contributed by atoms with Crippen molar-refractivity contribution in [2.45, 2.75) is 32.2 Å². The lowest BCUT2D eigenvalue weighted by molar-refractivity contribution is -0.109. The van der Waals surface area contributed by atoms with E-state index in [4.69, 9.17) is 4.74 Å². The second kappa shape index (κ2) is 2.76. The van der Waals surface area contributed by atoms with Gasteiger partial charge in [0.1, 0.15) is 0 Å². The van der Waals surface area contributed by atoms with Gasteiger partial charge in [0.05, 0.1) is 13.2 Å². The summed E-state index contributed by atoms with van der Waals surface area (Å²) >= 11 is 0. The summed E-state index contributed by atoms with van der Waals surface area (Å²) in [5, 5.41) is 3.53. The molecule has 0 aromatic carbocycles. The Morgan fingerprint density at radius 1 is 1.55 bits per heavy atom. The van der Waals surface area contributed by atoms with Crippen molar-refractivity contribution in [2.75, 3.05) is 19.8 Å². The third kappa shape index (κ3) is 1.57. The molecule has 1 N–H and O–H groups in total. The summed E-state index contributed by atoms with van der Waals surface area (Å²) in [4.78, 5) is 0. The topological polar surface area (TPSA) is 21.3 Å². The van der Waals surface area contributed by atoms with Crippen LogP contribution in [0.2, 0.25) is 0 Å². The standard InChI is InChI=1S/C9H17NO/c1-9(6-11-7-9)5-8-3-2-4-10-8/h8,10H,2-7H2,1H3. The number of nitrogens with one attached hydrogen (secondary N) is 1. The summed E-state index contributed by atoms with van der Waals surface area (Å²) < 4.78 is 5.22. The Kier molecular flexibility index (Phi) is 1.90. The molecule has 11 heavy (non-hydrogen) atoms. The van der Waals surface area contributed by atoms with E-state index in [-0.39, 0.29) is 0 Å². The van der Waals surface area contributed by atoms with Gasteiger partial charge in [0.2, 0.25) is 0 Å². The molecule has 0 radical (unpaired) electrons. The molecule has 1 atom stereocenters. The average molecular weight is 155 g/mol. The highest BCUT2D eigenvalue weighted by atomic mass is 16.5. The Morgan fingerprint density at radius 3 is 2.82 bits per heavy atom. The molecule has 0 aromatic heterocycles. The van der Waals surface area contributed by atoms with Gasteiger partial charge in [0, 0.05) is 11.5 Å². The maximum atomic E-state index is 5.22. The van der Waals surface area contributed by atoms with Crippen LogP contribution in [0.15, 0.2) is 0 Å². The number of ether oxygens (including phenoxy) is 1. The van der Waals surface area contributed by atoms with Crippen LogP contribution < -0.4 is 5.32 Å². The molecule has 2 aliphatic heterocycles. The van der Waals surface area contributed by atoms with E-state index >= 15 is 0 Å². The SMILES string of the molecule is CC1(CC2CCCN2)COC1. The van der Waals surface area contributed by atoms with Gasteiger partial charge in [-0.2, -0.15) is 0 Å². The Balaban J connectivity index is 1.79. The first kappa shape index (κ1) is 7.56. The second-order valence-electron chi connectivity index (χ2n) is 4.30. The first-order valence-corrected chi connectivity index (χ1v) is 4.60. The van der Waals surface area contributed by atoms with Crippen molar-refractivity contribution < 1.29 is 4.74 Å². The molecule has 1 unspecified atom stereocenters. The minimum atomic E-state index is 0.502. The van der Waals surface area contributed by atoms with Gasteiger partial charge in [-0.25, -0.2) is 0 Å². The zero-order valence-electron chi connectivity index (χ0n) is 7.23. The molecule has 2 rings (SSSR count). The molecule has 2 fully saturated rings. The van der Waals surface area contributed by atoms with Crippen LogP contribution in [0.1, 0.15) is 26.2 Å². The van der Waals surface area contributed by atoms with Crippen LogP contribution in [-0.4, -0.2) is 25.8 Å². The Bertz CT molecular complexity index is 136. The van der Waals surface area contributed by atoms with E-state index in [9.17, 15) is 0 Å².